The highest BCUT2D eigenvalue weighted by atomic mass is 35.5. The summed E-state index contributed by atoms with van der Waals surface area (Å²) >= 11 is 5.78. The molecule has 0 unspecified atom stereocenters. The highest BCUT2D eigenvalue weighted by molar-refractivity contribution is 6.30. The van der Waals surface area contributed by atoms with Gasteiger partial charge in [-0.05, 0) is 42.0 Å². The van der Waals surface area contributed by atoms with E-state index in [-0.39, 0.29) is 6.61 Å². The maximum Gasteiger partial charge on any atom is 0.411 e. The molecule has 2 rings (SSSR count). The Hall–Kier alpha value is -2.40. The Balaban J connectivity index is 1.92. The SMILES string of the molecule is COc1ccc(COC(=O)Nc2ccc(Cl)cc2)cc1OC. The van der Waals surface area contributed by atoms with Gasteiger partial charge in [0.25, 0.3) is 0 Å². The molecule has 2 aromatic rings. The van der Waals surface area contributed by atoms with Gasteiger partial charge in [-0.2, -0.15) is 0 Å². The van der Waals surface area contributed by atoms with Crippen LogP contribution in [-0.2, 0) is 11.3 Å². The smallest absolute Gasteiger partial charge is 0.411 e. The minimum atomic E-state index is -0.544. The molecule has 0 saturated heterocycles. The number of nitrogens with one attached hydrogen (secondary N) is 1. The Morgan fingerprint density at radius 3 is 2.36 bits per heavy atom. The number of methoxy groups -OCH3 is 2. The predicted octanol–water partition coefficient (Wildman–Crippen LogP) is 4.11. The number of amides is 1. The Kier molecular flexibility index (Phi) is 5.49. The van der Waals surface area contributed by atoms with Gasteiger partial charge in [-0.15, -0.1) is 0 Å². The zero-order chi connectivity index (χ0) is 15.9. The molecule has 0 aliphatic rings. The van der Waals surface area contributed by atoms with Crippen LogP contribution in [0.25, 0.3) is 0 Å². The lowest BCUT2D eigenvalue weighted by molar-refractivity contribution is 0.155. The van der Waals surface area contributed by atoms with Crippen LogP contribution in [0.1, 0.15) is 5.56 Å². The van der Waals surface area contributed by atoms with E-state index in [9.17, 15) is 4.79 Å². The lowest BCUT2D eigenvalue weighted by Gasteiger charge is -2.10. The molecule has 5 nitrogen and oxygen atoms in total. The van der Waals surface area contributed by atoms with Crippen LogP contribution in [0.3, 0.4) is 0 Å². The number of anilines is 1. The Bertz CT molecular complexity index is 643. The predicted molar refractivity (Wildman–Crippen MR) is 84.8 cm³/mol. The molecule has 0 aliphatic carbocycles. The molecule has 0 aromatic heterocycles. The van der Waals surface area contributed by atoms with E-state index >= 15 is 0 Å². The molecule has 2 aromatic carbocycles. The minimum absolute atomic E-state index is 0.125. The van der Waals surface area contributed by atoms with Gasteiger partial charge in [0.2, 0.25) is 0 Å². The second-order valence-electron chi connectivity index (χ2n) is 4.40. The maximum absolute atomic E-state index is 11.7. The van der Waals surface area contributed by atoms with E-state index in [0.717, 1.165) is 5.56 Å². The van der Waals surface area contributed by atoms with Gasteiger partial charge in [0.05, 0.1) is 14.2 Å². The number of benzene rings is 2. The summed E-state index contributed by atoms with van der Waals surface area (Å²) in [5, 5.41) is 3.22. The fourth-order valence-electron chi connectivity index (χ4n) is 1.81. The minimum Gasteiger partial charge on any atom is -0.493 e. The van der Waals surface area contributed by atoms with Crippen LogP contribution in [0.15, 0.2) is 42.5 Å². The molecule has 0 bridgehead atoms. The fourth-order valence-corrected chi connectivity index (χ4v) is 1.93. The summed E-state index contributed by atoms with van der Waals surface area (Å²) in [7, 11) is 3.11. The first kappa shape index (κ1) is 16.0. The molecule has 0 saturated carbocycles. The van der Waals surface area contributed by atoms with Gasteiger partial charge in [-0.3, -0.25) is 5.32 Å². The molecule has 0 fully saturated rings. The van der Waals surface area contributed by atoms with E-state index in [1.165, 1.54) is 0 Å². The Morgan fingerprint density at radius 1 is 1.05 bits per heavy atom. The number of ether oxygens (including phenoxy) is 3. The van der Waals surface area contributed by atoms with Gasteiger partial charge >= 0.3 is 6.09 Å². The van der Waals surface area contributed by atoms with Crippen molar-refractivity contribution in [2.45, 2.75) is 6.61 Å². The van der Waals surface area contributed by atoms with Gasteiger partial charge in [0, 0.05) is 10.7 Å². The zero-order valence-electron chi connectivity index (χ0n) is 12.3. The van der Waals surface area contributed by atoms with Crippen molar-refractivity contribution in [1.29, 1.82) is 0 Å². The average molecular weight is 322 g/mol. The fraction of sp³-hybridized carbons (Fsp3) is 0.188. The van der Waals surface area contributed by atoms with Crippen molar-refractivity contribution in [3.63, 3.8) is 0 Å². The van der Waals surface area contributed by atoms with Gasteiger partial charge < -0.3 is 14.2 Å². The van der Waals surface area contributed by atoms with Crippen LogP contribution in [0.4, 0.5) is 10.5 Å². The molecule has 0 radical (unpaired) electrons. The summed E-state index contributed by atoms with van der Waals surface area (Å²) in [5.74, 6) is 1.21. The van der Waals surface area contributed by atoms with Crippen molar-refractivity contribution in [1.82, 2.24) is 0 Å². The quantitative estimate of drug-likeness (QED) is 0.900. The monoisotopic (exact) mass is 321 g/mol. The number of rotatable bonds is 5. The van der Waals surface area contributed by atoms with Gasteiger partial charge in [-0.1, -0.05) is 17.7 Å². The Labute approximate surface area is 133 Å². The molecule has 0 atom stereocenters. The first-order chi connectivity index (χ1) is 10.6. The summed E-state index contributed by atoms with van der Waals surface area (Å²) in [4.78, 5) is 11.7. The van der Waals surface area contributed by atoms with Crippen molar-refractivity contribution in [2.24, 2.45) is 0 Å². The summed E-state index contributed by atoms with van der Waals surface area (Å²) in [6, 6.07) is 12.1. The van der Waals surface area contributed by atoms with E-state index in [1.54, 1.807) is 56.7 Å². The highest BCUT2D eigenvalue weighted by Gasteiger charge is 2.07. The number of halogens is 1. The second-order valence-corrected chi connectivity index (χ2v) is 4.83. The molecule has 0 aliphatic heterocycles. The second kappa shape index (κ2) is 7.56. The molecule has 116 valence electrons. The van der Waals surface area contributed by atoms with Crippen LogP contribution in [0.5, 0.6) is 11.5 Å². The summed E-state index contributed by atoms with van der Waals surface area (Å²) < 4.78 is 15.5. The van der Waals surface area contributed by atoms with Crippen LogP contribution < -0.4 is 14.8 Å². The molecular formula is C16H16ClNO4. The maximum atomic E-state index is 11.7. The summed E-state index contributed by atoms with van der Waals surface area (Å²) in [5.41, 5.74) is 1.41. The lowest BCUT2D eigenvalue weighted by atomic mass is 10.2. The topological polar surface area (TPSA) is 56.8 Å². The van der Waals surface area contributed by atoms with E-state index in [0.29, 0.717) is 22.2 Å². The van der Waals surface area contributed by atoms with E-state index in [1.807, 2.05) is 0 Å². The van der Waals surface area contributed by atoms with Crippen molar-refractivity contribution < 1.29 is 19.0 Å². The lowest BCUT2D eigenvalue weighted by Crippen LogP contribution is -2.13. The van der Waals surface area contributed by atoms with Gasteiger partial charge in [-0.25, -0.2) is 4.79 Å². The molecule has 0 heterocycles. The van der Waals surface area contributed by atoms with E-state index in [4.69, 9.17) is 25.8 Å². The highest BCUT2D eigenvalue weighted by Crippen LogP contribution is 2.27. The molecule has 0 spiro atoms. The van der Waals surface area contributed by atoms with Crippen molar-refractivity contribution >= 4 is 23.4 Å². The first-order valence-electron chi connectivity index (χ1n) is 6.52. The van der Waals surface area contributed by atoms with Crippen molar-refractivity contribution in [3.05, 3.63) is 53.1 Å². The van der Waals surface area contributed by atoms with Crippen LogP contribution in [0, 0.1) is 0 Å². The number of carbonyl (C=O) groups is 1. The third-order valence-corrected chi connectivity index (χ3v) is 3.16. The first-order valence-corrected chi connectivity index (χ1v) is 6.90. The summed E-state index contributed by atoms with van der Waals surface area (Å²) in [6.45, 7) is 0.125. The van der Waals surface area contributed by atoms with Crippen molar-refractivity contribution in [3.8, 4) is 11.5 Å². The zero-order valence-corrected chi connectivity index (χ0v) is 13.0. The standard InChI is InChI=1S/C16H16ClNO4/c1-20-14-8-3-11(9-15(14)21-2)10-22-16(19)18-13-6-4-12(17)5-7-13/h3-9H,10H2,1-2H3,(H,18,19). The van der Waals surface area contributed by atoms with E-state index < -0.39 is 6.09 Å². The number of carbonyl (C=O) groups excluding carboxylic acids is 1. The Morgan fingerprint density at radius 2 is 1.73 bits per heavy atom. The van der Waals surface area contributed by atoms with Crippen LogP contribution in [-0.4, -0.2) is 20.3 Å². The largest absolute Gasteiger partial charge is 0.493 e. The van der Waals surface area contributed by atoms with Crippen LogP contribution >= 0.6 is 11.6 Å². The van der Waals surface area contributed by atoms with Gasteiger partial charge in [0.1, 0.15) is 6.61 Å². The third-order valence-electron chi connectivity index (χ3n) is 2.91. The van der Waals surface area contributed by atoms with Gasteiger partial charge in [0.15, 0.2) is 11.5 Å². The summed E-state index contributed by atoms with van der Waals surface area (Å²) in [6.07, 6.45) is -0.544. The molecule has 1 amide bonds. The normalized spacial score (nSPS) is 9.95. The number of hydrogen-bond acceptors (Lipinski definition) is 4. The van der Waals surface area contributed by atoms with E-state index in [2.05, 4.69) is 5.32 Å². The molecule has 6 heteroatoms. The number of hydrogen-bond donors (Lipinski definition) is 1. The average Bonchev–Trinajstić information content (AvgIpc) is 2.54. The third kappa shape index (κ3) is 4.30. The molecular weight excluding hydrogens is 306 g/mol. The van der Waals surface area contributed by atoms with Crippen molar-refractivity contribution in [2.75, 3.05) is 19.5 Å². The molecule has 1 N–H and O–H groups in total. The van der Waals surface area contributed by atoms with Crippen LogP contribution in [0.2, 0.25) is 5.02 Å². The molecule has 22 heavy (non-hydrogen) atoms.